The summed E-state index contributed by atoms with van der Waals surface area (Å²) in [5.41, 5.74) is 4.58. The number of pyridine rings is 1. The standard InChI is InChI=1S/C18H19FN2/c1-18(2)13-7-5-11-4-3-9-20-16(11)17(13)21-15-8-6-12(19)10-14(15)18/h3-4,6,8-10,13,17,21H,5,7H2,1-2H3/t13-,17-/m1/s1. The highest BCUT2D eigenvalue weighted by atomic mass is 19.1. The summed E-state index contributed by atoms with van der Waals surface area (Å²) in [6.45, 7) is 4.47. The van der Waals surface area contributed by atoms with E-state index in [2.05, 4.69) is 30.2 Å². The van der Waals surface area contributed by atoms with Crippen LogP contribution >= 0.6 is 0 Å². The molecule has 2 heterocycles. The van der Waals surface area contributed by atoms with Crippen LogP contribution in [-0.4, -0.2) is 4.98 Å². The minimum atomic E-state index is -0.156. The van der Waals surface area contributed by atoms with Crippen molar-refractivity contribution in [2.75, 3.05) is 5.32 Å². The van der Waals surface area contributed by atoms with Gasteiger partial charge in [0, 0.05) is 11.9 Å². The monoisotopic (exact) mass is 282 g/mol. The molecule has 2 aliphatic rings. The Kier molecular flexibility index (Phi) is 2.62. The number of nitrogens with zero attached hydrogens (tertiary/aromatic N) is 1. The number of hydrogen-bond acceptors (Lipinski definition) is 2. The SMILES string of the molecule is CC1(C)c2cc(F)ccc2N[C@H]2c3ncccc3CC[C@H]21. The highest BCUT2D eigenvalue weighted by molar-refractivity contribution is 5.60. The van der Waals surface area contributed by atoms with Crippen LogP contribution in [0.3, 0.4) is 0 Å². The average Bonchev–Trinajstić information content (AvgIpc) is 2.48. The summed E-state index contributed by atoms with van der Waals surface area (Å²) >= 11 is 0. The van der Waals surface area contributed by atoms with Gasteiger partial charge in [0.05, 0.1) is 11.7 Å². The van der Waals surface area contributed by atoms with Gasteiger partial charge in [-0.1, -0.05) is 19.9 Å². The van der Waals surface area contributed by atoms with Crippen LogP contribution in [-0.2, 0) is 11.8 Å². The molecule has 21 heavy (non-hydrogen) atoms. The molecule has 0 unspecified atom stereocenters. The number of rotatable bonds is 0. The number of halogens is 1. The smallest absolute Gasteiger partial charge is 0.123 e. The molecule has 2 atom stereocenters. The molecule has 3 heteroatoms. The molecule has 1 aliphatic heterocycles. The minimum Gasteiger partial charge on any atom is -0.376 e. The van der Waals surface area contributed by atoms with Crippen LogP contribution in [0.25, 0.3) is 0 Å². The summed E-state index contributed by atoms with van der Waals surface area (Å²) in [6, 6.07) is 9.49. The first-order chi connectivity index (χ1) is 10.1. The van der Waals surface area contributed by atoms with Gasteiger partial charge < -0.3 is 5.32 Å². The lowest BCUT2D eigenvalue weighted by Crippen LogP contribution is -2.44. The lowest BCUT2D eigenvalue weighted by molar-refractivity contribution is 0.235. The highest BCUT2D eigenvalue weighted by Gasteiger charge is 2.45. The third-order valence-corrected chi connectivity index (χ3v) is 5.26. The second kappa shape index (κ2) is 4.30. The van der Waals surface area contributed by atoms with Gasteiger partial charge in [0.2, 0.25) is 0 Å². The van der Waals surface area contributed by atoms with Gasteiger partial charge in [0.25, 0.3) is 0 Å². The molecule has 2 nitrogen and oxygen atoms in total. The topological polar surface area (TPSA) is 24.9 Å². The van der Waals surface area contributed by atoms with Crippen LogP contribution in [0.5, 0.6) is 0 Å². The first-order valence-corrected chi connectivity index (χ1v) is 7.58. The van der Waals surface area contributed by atoms with Crippen molar-refractivity contribution in [1.82, 2.24) is 4.98 Å². The number of hydrogen-bond donors (Lipinski definition) is 1. The fourth-order valence-corrected chi connectivity index (χ4v) is 4.10. The van der Waals surface area contributed by atoms with Crippen molar-refractivity contribution in [3.05, 3.63) is 59.2 Å². The summed E-state index contributed by atoms with van der Waals surface area (Å²) in [6.07, 6.45) is 4.04. The van der Waals surface area contributed by atoms with Crippen LogP contribution < -0.4 is 5.32 Å². The fraction of sp³-hybridized carbons (Fsp3) is 0.389. The molecule has 0 saturated carbocycles. The molecule has 2 aromatic rings. The molecule has 0 radical (unpaired) electrons. The molecule has 4 rings (SSSR count). The second-order valence-electron chi connectivity index (χ2n) is 6.73. The first kappa shape index (κ1) is 12.8. The number of fused-ring (bicyclic) bond motifs is 4. The van der Waals surface area contributed by atoms with Gasteiger partial charge in [-0.15, -0.1) is 0 Å². The Morgan fingerprint density at radius 2 is 2.14 bits per heavy atom. The summed E-state index contributed by atoms with van der Waals surface area (Å²) in [5, 5.41) is 3.61. The summed E-state index contributed by atoms with van der Waals surface area (Å²) in [7, 11) is 0. The molecule has 108 valence electrons. The normalized spacial score (nSPS) is 25.3. The number of aromatic nitrogens is 1. The van der Waals surface area contributed by atoms with Crippen LogP contribution in [0.1, 0.15) is 43.1 Å². The highest BCUT2D eigenvalue weighted by Crippen LogP contribution is 2.52. The van der Waals surface area contributed by atoms with Crippen LogP contribution in [0.15, 0.2) is 36.5 Å². The van der Waals surface area contributed by atoms with E-state index in [1.165, 1.54) is 11.6 Å². The third kappa shape index (κ3) is 1.80. The van der Waals surface area contributed by atoms with Crippen molar-refractivity contribution >= 4 is 5.69 Å². The molecule has 0 saturated heterocycles. The zero-order valence-corrected chi connectivity index (χ0v) is 12.4. The molecule has 1 aromatic heterocycles. The van der Waals surface area contributed by atoms with Gasteiger partial charge in [-0.3, -0.25) is 4.98 Å². The fourth-order valence-electron chi connectivity index (χ4n) is 4.10. The minimum absolute atomic E-state index is 0.0530. The van der Waals surface area contributed by atoms with Crippen molar-refractivity contribution in [1.29, 1.82) is 0 Å². The molecular formula is C18H19FN2. The van der Waals surface area contributed by atoms with E-state index in [-0.39, 0.29) is 17.3 Å². The van der Waals surface area contributed by atoms with E-state index in [1.54, 1.807) is 6.07 Å². The Balaban J connectivity index is 1.88. The molecule has 0 spiro atoms. The van der Waals surface area contributed by atoms with Crippen LogP contribution in [0.4, 0.5) is 10.1 Å². The van der Waals surface area contributed by atoms with E-state index in [0.717, 1.165) is 29.8 Å². The van der Waals surface area contributed by atoms with Crippen molar-refractivity contribution in [3.63, 3.8) is 0 Å². The molecule has 1 aromatic carbocycles. The third-order valence-electron chi connectivity index (χ3n) is 5.26. The van der Waals surface area contributed by atoms with Crippen molar-refractivity contribution in [2.24, 2.45) is 5.92 Å². The average molecular weight is 282 g/mol. The zero-order valence-electron chi connectivity index (χ0n) is 12.4. The Bertz CT molecular complexity index is 708. The Hall–Kier alpha value is -1.90. The molecule has 1 aliphatic carbocycles. The Morgan fingerprint density at radius 1 is 1.29 bits per heavy atom. The number of benzene rings is 1. The van der Waals surface area contributed by atoms with Crippen molar-refractivity contribution < 1.29 is 4.39 Å². The van der Waals surface area contributed by atoms with E-state index < -0.39 is 0 Å². The van der Waals surface area contributed by atoms with Gasteiger partial charge in [0.15, 0.2) is 0 Å². The lowest BCUT2D eigenvalue weighted by Gasteiger charge is -2.48. The van der Waals surface area contributed by atoms with Gasteiger partial charge in [-0.2, -0.15) is 0 Å². The summed E-state index contributed by atoms with van der Waals surface area (Å²) in [4.78, 5) is 4.62. The largest absolute Gasteiger partial charge is 0.376 e. The van der Waals surface area contributed by atoms with Gasteiger partial charge in [-0.05, 0) is 59.6 Å². The van der Waals surface area contributed by atoms with Gasteiger partial charge in [0.1, 0.15) is 5.82 Å². The van der Waals surface area contributed by atoms with Crippen molar-refractivity contribution in [2.45, 2.75) is 38.1 Å². The quantitative estimate of drug-likeness (QED) is 0.782. The maximum Gasteiger partial charge on any atom is 0.123 e. The molecule has 1 N–H and O–H groups in total. The number of anilines is 1. The van der Waals surface area contributed by atoms with E-state index in [0.29, 0.717) is 5.92 Å². The Morgan fingerprint density at radius 3 is 3.00 bits per heavy atom. The maximum absolute atomic E-state index is 13.7. The van der Waals surface area contributed by atoms with Gasteiger partial charge >= 0.3 is 0 Å². The summed E-state index contributed by atoms with van der Waals surface area (Å²) in [5.74, 6) is 0.283. The Labute approximate surface area is 124 Å². The molecule has 0 fully saturated rings. The predicted molar refractivity (Wildman–Crippen MR) is 81.8 cm³/mol. The molecule has 0 amide bonds. The first-order valence-electron chi connectivity index (χ1n) is 7.58. The predicted octanol–water partition coefficient (Wildman–Crippen LogP) is 4.23. The molecule has 0 bridgehead atoms. The lowest BCUT2D eigenvalue weighted by atomic mass is 9.62. The zero-order chi connectivity index (χ0) is 14.6. The molecular weight excluding hydrogens is 263 g/mol. The van der Waals surface area contributed by atoms with Crippen molar-refractivity contribution in [3.8, 4) is 0 Å². The van der Waals surface area contributed by atoms with E-state index in [9.17, 15) is 4.39 Å². The van der Waals surface area contributed by atoms with E-state index in [1.807, 2.05) is 18.3 Å². The van der Waals surface area contributed by atoms with E-state index in [4.69, 9.17) is 0 Å². The van der Waals surface area contributed by atoms with E-state index >= 15 is 0 Å². The van der Waals surface area contributed by atoms with Crippen LogP contribution in [0.2, 0.25) is 0 Å². The second-order valence-corrected chi connectivity index (χ2v) is 6.73. The number of aryl methyl sites for hydroxylation is 1. The number of nitrogens with one attached hydrogen (secondary N) is 1. The summed E-state index contributed by atoms with van der Waals surface area (Å²) < 4.78 is 13.7. The van der Waals surface area contributed by atoms with Crippen LogP contribution in [0, 0.1) is 11.7 Å². The van der Waals surface area contributed by atoms with Gasteiger partial charge in [-0.25, -0.2) is 4.39 Å². The maximum atomic E-state index is 13.7.